The molecule has 1 rings (SSSR count). The molecule has 4 nitrogen and oxygen atoms in total. The Bertz CT molecular complexity index is 384. The molecule has 6 heteroatoms. The summed E-state index contributed by atoms with van der Waals surface area (Å²) in [6, 6.07) is 9.91. The van der Waals surface area contributed by atoms with Gasteiger partial charge in [0.25, 0.3) is 5.24 Å². The van der Waals surface area contributed by atoms with E-state index in [1.165, 1.54) is 16.4 Å². The molecule has 0 fully saturated rings. The summed E-state index contributed by atoms with van der Waals surface area (Å²) in [6.45, 7) is 0.407. The van der Waals surface area contributed by atoms with E-state index in [0.29, 0.717) is 13.0 Å². The topological polar surface area (TPSA) is 66.4 Å². The van der Waals surface area contributed by atoms with E-state index in [2.05, 4.69) is 5.32 Å². The van der Waals surface area contributed by atoms with Crippen LogP contribution in [0.15, 0.2) is 30.3 Å². The molecule has 0 aliphatic rings. The van der Waals surface area contributed by atoms with Crippen LogP contribution in [0.2, 0.25) is 0 Å². The van der Waals surface area contributed by atoms with Crippen molar-refractivity contribution in [2.24, 2.45) is 0 Å². The van der Waals surface area contributed by atoms with Crippen molar-refractivity contribution in [2.75, 3.05) is 6.54 Å². The van der Waals surface area contributed by atoms with E-state index in [0.717, 1.165) is 16.5 Å². The van der Waals surface area contributed by atoms with Crippen LogP contribution in [0.3, 0.4) is 0 Å². The van der Waals surface area contributed by atoms with Crippen molar-refractivity contribution in [3.05, 3.63) is 35.9 Å². The summed E-state index contributed by atoms with van der Waals surface area (Å²) in [5, 5.41) is 11.0. The second-order valence-corrected chi connectivity index (χ2v) is 5.81. The van der Waals surface area contributed by atoms with Gasteiger partial charge in [0, 0.05) is 29.5 Å². The van der Waals surface area contributed by atoms with Crippen LogP contribution in [0.4, 0.5) is 4.79 Å². The highest BCUT2D eigenvalue weighted by Gasteiger charge is 2.03. The first kappa shape index (κ1) is 14.9. The lowest BCUT2D eigenvalue weighted by Gasteiger charge is -2.03. The predicted octanol–water partition coefficient (Wildman–Crippen LogP) is 3.14. The maximum absolute atomic E-state index is 11.4. The number of amides is 1. The van der Waals surface area contributed by atoms with Gasteiger partial charge in [-0.3, -0.25) is 9.59 Å². The number of carboxylic acid groups (broad SMARTS) is 1. The Kier molecular flexibility index (Phi) is 7.36. The van der Waals surface area contributed by atoms with Crippen LogP contribution >= 0.6 is 21.6 Å². The van der Waals surface area contributed by atoms with Gasteiger partial charge in [-0.1, -0.05) is 41.1 Å². The lowest BCUT2D eigenvalue weighted by atomic mass is 10.2. The quantitative estimate of drug-likeness (QED) is 0.595. The van der Waals surface area contributed by atoms with E-state index < -0.39 is 5.97 Å². The average Bonchev–Trinajstić information content (AvgIpc) is 2.36. The van der Waals surface area contributed by atoms with E-state index in [-0.39, 0.29) is 11.7 Å². The van der Waals surface area contributed by atoms with Gasteiger partial charge in [-0.05, 0) is 12.0 Å². The number of carbonyl (C=O) groups is 2. The molecule has 1 aromatic carbocycles. The molecule has 0 atom stereocenters. The summed E-state index contributed by atoms with van der Waals surface area (Å²) < 4.78 is 0. The first-order valence-corrected chi connectivity index (χ1v) is 7.83. The lowest BCUT2D eigenvalue weighted by Crippen LogP contribution is -2.19. The molecular formula is C12H15NO3S2. The third kappa shape index (κ3) is 7.24. The van der Waals surface area contributed by atoms with E-state index >= 15 is 0 Å². The molecule has 98 valence electrons. The van der Waals surface area contributed by atoms with Crippen molar-refractivity contribution < 1.29 is 14.7 Å². The van der Waals surface area contributed by atoms with Gasteiger partial charge in [-0.25, -0.2) is 0 Å². The van der Waals surface area contributed by atoms with Crippen LogP contribution in [-0.4, -0.2) is 22.9 Å². The molecule has 0 saturated heterocycles. The normalized spacial score (nSPS) is 10.0. The lowest BCUT2D eigenvalue weighted by molar-refractivity contribution is -0.137. The monoisotopic (exact) mass is 285 g/mol. The van der Waals surface area contributed by atoms with Crippen molar-refractivity contribution >= 4 is 32.8 Å². The first-order chi connectivity index (χ1) is 8.68. The molecule has 0 unspecified atom stereocenters. The zero-order chi connectivity index (χ0) is 13.2. The Morgan fingerprint density at radius 3 is 2.61 bits per heavy atom. The molecule has 0 radical (unpaired) electrons. The van der Waals surface area contributed by atoms with E-state index in [9.17, 15) is 9.59 Å². The average molecular weight is 285 g/mol. The molecule has 0 bridgehead atoms. The molecule has 2 N–H and O–H groups in total. The van der Waals surface area contributed by atoms with E-state index in [1.54, 1.807) is 0 Å². The Balaban J connectivity index is 2.05. The highest BCUT2D eigenvalue weighted by Crippen LogP contribution is 2.26. The van der Waals surface area contributed by atoms with Gasteiger partial charge < -0.3 is 10.4 Å². The first-order valence-electron chi connectivity index (χ1n) is 5.51. The van der Waals surface area contributed by atoms with Gasteiger partial charge in [-0.15, -0.1) is 0 Å². The van der Waals surface area contributed by atoms with Gasteiger partial charge in [0.2, 0.25) is 0 Å². The Labute approximate surface area is 114 Å². The molecule has 18 heavy (non-hydrogen) atoms. The maximum Gasteiger partial charge on any atom is 0.303 e. The second-order valence-electron chi connectivity index (χ2n) is 3.54. The third-order valence-electron chi connectivity index (χ3n) is 2.04. The SMILES string of the molecule is O=C(O)CCCNC(=O)SSCc1ccccc1. The zero-order valence-corrected chi connectivity index (χ0v) is 11.4. The standard InChI is InChI=1S/C12H15NO3S2/c14-11(15)7-4-8-13-12(16)18-17-9-10-5-2-1-3-6-10/h1-3,5-6H,4,7-9H2,(H,13,16)(H,14,15). The molecule has 0 aliphatic heterocycles. The number of hydrogen-bond donors (Lipinski definition) is 2. The van der Waals surface area contributed by atoms with Gasteiger partial charge >= 0.3 is 5.97 Å². The Hall–Kier alpha value is -1.14. The highest BCUT2D eigenvalue weighted by molar-refractivity contribution is 8.81. The van der Waals surface area contributed by atoms with Crippen LogP contribution in [0.25, 0.3) is 0 Å². The van der Waals surface area contributed by atoms with Crippen molar-refractivity contribution in [3.8, 4) is 0 Å². The smallest absolute Gasteiger partial charge is 0.303 e. The third-order valence-corrected chi connectivity index (χ3v) is 4.07. The van der Waals surface area contributed by atoms with Crippen LogP contribution in [0, 0.1) is 0 Å². The number of hydrogen-bond acceptors (Lipinski definition) is 4. The summed E-state index contributed by atoms with van der Waals surface area (Å²) >= 11 is 0. The number of carboxylic acids is 1. The number of carbonyl (C=O) groups excluding carboxylic acids is 1. The van der Waals surface area contributed by atoms with Crippen LogP contribution in [0.5, 0.6) is 0 Å². The minimum Gasteiger partial charge on any atom is -0.481 e. The molecular weight excluding hydrogens is 270 g/mol. The summed E-state index contributed by atoms with van der Waals surface area (Å²) in [4.78, 5) is 21.6. The van der Waals surface area contributed by atoms with Crippen molar-refractivity contribution in [2.45, 2.75) is 18.6 Å². The van der Waals surface area contributed by atoms with Crippen molar-refractivity contribution in [3.63, 3.8) is 0 Å². The van der Waals surface area contributed by atoms with Crippen molar-refractivity contribution in [1.82, 2.24) is 5.32 Å². The van der Waals surface area contributed by atoms with Crippen LogP contribution in [0.1, 0.15) is 18.4 Å². The second kappa shape index (κ2) is 8.88. The number of benzene rings is 1. The Morgan fingerprint density at radius 2 is 1.94 bits per heavy atom. The van der Waals surface area contributed by atoms with Gasteiger partial charge in [0.05, 0.1) is 0 Å². The predicted molar refractivity (Wildman–Crippen MR) is 75.6 cm³/mol. The summed E-state index contributed by atoms with van der Waals surface area (Å²) in [5.74, 6) is -0.0658. The zero-order valence-electron chi connectivity index (χ0n) is 9.80. The van der Waals surface area contributed by atoms with Crippen LogP contribution < -0.4 is 5.32 Å². The summed E-state index contributed by atoms with van der Waals surface area (Å²) in [6.07, 6.45) is 0.549. The van der Waals surface area contributed by atoms with Crippen LogP contribution in [-0.2, 0) is 10.5 Å². The molecule has 0 aromatic heterocycles. The van der Waals surface area contributed by atoms with Gasteiger partial charge in [0.1, 0.15) is 0 Å². The largest absolute Gasteiger partial charge is 0.481 e. The highest BCUT2D eigenvalue weighted by atomic mass is 33.1. The molecule has 1 amide bonds. The summed E-state index contributed by atoms with van der Waals surface area (Å²) in [7, 11) is 2.62. The molecule has 1 aromatic rings. The maximum atomic E-state index is 11.4. The minimum atomic E-state index is -0.838. The fourth-order valence-electron chi connectivity index (χ4n) is 1.18. The van der Waals surface area contributed by atoms with E-state index in [1.807, 2.05) is 30.3 Å². The van der Waals surface area contributed by atoms with Gasteiger partial charge in [0.15, 0.2) is 0 Å². The van der Waals surface area contributed by atoms with E-state index in [4.69, 9.17) is 5.11 Å². The molecule has 0 heterocycles. The number of rotatable bonds is 7. The number of nitrogens with one attached hydrogen (secondary N) is 1. The fourth-order valence-corrected chi connectivity index (χ4v) is 2.92. The summed E-state index contributed by atoms with van der Waals surface area (Å²) in [5.41, 5.74) is 1.17. The molecule has 0 aliphatic carbocycles. The van der Waals surface area contributed by atoms with Gasteiger partial charge in [-0.2, -0.15) is 0 Å². The Morgan fingerprint density at radius 1 is 1.22 bits per heavy atom. The number of aliphatic carboxylic acids is 1. The van der Waals surface area contributed by atoms with Crippen molar-refractivity contribution in [1.29, 1.82) is 0 Å². The minimum absolute atomic E-state index is 0.0854. The fraction of sp³-hybridized carbons (Fsp3) is 0.333. The molecule has 0 saturated carbocycles. The molecule has 0 spiro atoms.